The molecular formula is C26H20BClN4O9. The Kier molecular flexibility index (Phi) is 7.26. The van der Waals surface area contributed by atoms with E-state index in [4.69, 9.17) is 16.3 Å². The Bertz CT molecular complexity index is 1780. The number of amides is 2. The van der Waals surface area contributed by atoms with Crippen molar-refractivity contribution in [1.82, 2.24) is 20.6 Å². The molecule has 4 aromatic rings. The molecule has 2 atom stereocenters. The van der Waals surface area contributed by atoms with Crippen LogP contribution in [0.3, 0.4) is 0 Å². The van der Waals surface area contributed by atoms with Crippen LogP contribution < -0.4 is 20.7 Å². The van der Waals surface area contributed by atoms with Crippen LogP contribution in [0.5, 0.6) is 17.2 Å². The van der Waals surface area contributed by atoms with Crippen molar-refractivity contribution in [3.8, 4) is 17.2 Å². The fraction of sp³-hybridized carbons (Fsp3) is 0.115. The number of carboxylic acids is 1. The summed E-state index contributed by atoms with van der Waals surface area (Å²) in [5, 5.41) is 44.5. The van der Waals surface area contributed by atoms with Crippen molar-refractivity contribution in [2.24, 2.45) is 0 Å². The molecule has 1 unspecified atom stereocenters. The van der Waals surface area contributed by atoms with E-state index in [9.17, 15) is 39.5 Å². The number of halogens is 1. The summed E-state index contributed by atoms with van der Waals surface area (Å²) in [5.74, 6) is -5.65. The van der Waals surface area contributed by atoms with Gasteiger partial charge in [0, 0.05) is 18.0 Å². The summed E-state index contributed by atoms with van der Waals surface area (Å²) in [7, 11) is -1.67. The predicted molar refractivity (Wildman–Crippen MR) is 145 cm³/mol. The zero-order valence-corrected chi connectivity index (χ0v) is 21.5. The first kappa shape index (κ1) is 27.5. The molecular weight excluding hydrogens is 559 g/mol. The molecule has 0 fully saturated rings. The molecule has 41 heavy (non-hydrogen) atoms. The van der Waals surface area contributed by atoms with Gasteiger partial charge in [0.15, 0.2) is 11.5 Å². The first-order valence-electron chi connectivity index (χ1n) is 12.0. The minimum atomic E-state index is -1.67. The maximum atomic E-state index is 13.6. The van der Waals surface area contributed by atoms with E-state index >= 15 is 0 Å². The summed E-state index contributed by atoms with van der Waals surface area (Å²) >= 11 is 6.21. The van der Waals surface area contributed by atoms with Gasteiger partial charge in [0.05, 0.1) is 22.0 Å². The predicted octanol–water partition coefficient (Wildman–Crippen LogP) is 1.30. The van der Waals surface area contributed by atoms with Gasteiger partial charge in [-0.05, 0) is 36.2 Å². The molecule has 0 bridgehead atoms. The molecule has 208 valence electrons. The molecule has 0 radical (unpaired) electrons. The van der Waals surface area contributed by atoms with Gasteiger partial charge in [-0.3, -0.25) is 19.4 Å². The molecule has 0 saturated carbocycles. The lowest BCUT2D eigenvalue weighted by molar-refractivity contribution is -0.123. The third-order valence-corrected chi connectivity index (χ3v) is 6.93. The SMILES string of the molecule is O=C(O)c1cccc2c1OB(O)[C@@H](NC(=O)C(NC(=O)c1c[nH]c3cccnc3c1=O)c1ccc(O)c(O)c1Cl)C2. The van der Waals surface area contributed by atoms with Crippen molar-refractivity contribution < 1.29 is 39.4 Å². The van der Waals surface area contributed by atoms with Gasteiger partial charge in [0.25, 0.3) is 5.91 Å². The number of aromatic carboxylic acids is 1. The highest BCUT2D eigenvalue weighted by Crippen LogP contribution is 2.38. The van der Waals surface area contributed by atoms with Crippen molar-refractivity contribution in [3.05, 3.63) is 92.4 Å². The zero-order valence-electron chi connectivity index (χ0n) is 20.8. The van der Waals surface area contributed by atoms with Crippen molar-refractivity contribution in [2.75, 3.05) is 0 Å². The Labute approximate surface area is 235 Å². The van der Waals surface area contributed by atoms with E-state index in [-0.39, 0.29) is 34.4 Å². The van der Waals surface area contributed by atoms with Gasteiger partial charge < -0.3 is 40.6 Å². The van der Waals surface area contributed by atoms with Gasteiger partial charge in [0.1, 0.15) is 22.9 Å². The number of para-hydroxylation sites is 1. The first-order valence-corrected chi connectivity index (χ1v) is 12.4. The van der Waals surface area contributed by atoms with Gasteiger partial charge in [-0.25, -0.2) is 4.79 Å². The summed E-state index contributed by atoms with van der Waals surface area (Å²) in [6.45, 7) is 0. The van der Waals surface area contributed by atoms with Gasteiger partial charge in [-0.1, -0.05) is 29.8 Å². The number of nitrogens with one attached hydrogen (secondary N) is 3. The number of carboxylic acid groups (broad SMARTS) is 1. The number of nitrogens with zero attached hydrogens (tertiary/aromatic N) is 1. The number of aromatic nitrogens is 2. The molecule has 0 aliphatic carbocycles. The van der Waals surface area contributed by atoms with Crippen LogP contribution in [-0.2, 0) is 11.2 Å². The molecule has 3 heterocycles. The first-order chi connectivity index (χ1) is 19.6. The van der Waals surface area contributed by atoms with Gasteiger partial charge in [0.2, 0.25) is 11.3 Å². The highest BCUT2D eigenvalue weighted by Gasteiger charge is 2.39. The average Bonchev–Trinajstić information content (AvgIpc) is 2.95. The number of carbonyl (C=O) groups is 3. The van der Waals surface area contributed by atoms with E-state index < -0.39 is 58.8 Å². The van der Waals surface area contributed by atoms with Crippen LogP contribution in [0.4, 0.5) is 0 Å². The van der Waals surface area contributed by atoms with E-state index in [2.05, 4.69) is 20.6 Å². The number of benzene rings is 2. The lowest BCUT2D eigenvalue weighted by Gasteiger charge is -2.30. The van der Waals surface area contributed by atoms with Crippen molar-refractivity contribution >= 4 is 47.5 Å². The molecule has 2 aromatic heterocycles. The molecule has 1 aliphatic rings. The number of fused-ring (bicyclic) bond motifs is 2. The smallest absolute Gasteiger partial charge is 0.534 e. The molecule has 7 N–H and O–H groups in total. The standard InChI is InChI=1S/C26H20BClN4O9/c28-18-12(6-7-16(33)22(18)35)19(32-24(36)14-10-30-15-5-2-8-29-20(15)21(14)34)25(37)31-17-9-11-3-1-4-13(26(38)39)23(11)41-27(17)40/h1-8,10,17,19,33,35,40H,9H2,(H,30,34)(H,31,37)(H,32,36)(H,38,39)/t17-,19?/m0/s1. The van der Waals surface area contributed by atoms with Crippen LogP contribution in [0.25, 0.3) is 11.0 Å². The third-order valence-electron chi connectivity index (χ3n) is 6.53. The van der Waals surface area contributed by atoms with Crippen LogP contribution in [0, 0.1) is 0 Å². The molecule has 2 aromatic carbocycles. The van der Waals surface area contributed by atoms with Crippen molar-refractivity contribution in [2.45, 2.75) is 18.4 Å². The normalized spacial score (nSPS) is 15.0. The number of aromatic hydroxyl groups is 2. The second kappa shape index (κ2) is 10.8. The Morgan fingerprint density at radius 1 is 1.12 bits per heavy atom. The van der Waals surface area contributed by atoms with E-state index in [1.165, 1.54) is 24.4 Å². The summed E-state index contributed by atoms with van der Waals surface area (Å²) in [5.41, 5.74) is -0.616. The maximum absolute atomic E-state index is 13.6. The lowest BCUT2D eigenvalue weighted by Crippen LogP contribution is -2.55. The number of pyridine rings is 2. The molecule has 15 heteroatoms. The van der Waals surface area contributed by atoms with Crippen molar-refractivity contribution in [3.63, 3.8) is 0 Å². The van der Waals surface area contributed by atoms with Crippen LogP contribution in [-0.4, -0.2) is 61.2 Å². The number of phenols is 2. The second-order valence-corrected chi connectivity index (χ2v) is 9.48. The third kappa shape index (κ3) is 5.13. The molecule has 0 saturated heterocycles. The average molecular weight is 579 g/mol. The summed E-state index contributed by atoms with van der Waals surface area (Å²) in [4.78, 5) is 58.1. The number of hydrogen-bond acceptors (Lipinski definition) is 9. The Balaban J connectivity index is 1.47. The number of phenolic OH excluding ortho intramolecular Hbond substituents is 2. The van der Waals surface area contributed by atoms with Crippen LogP contribution >= 0.6 is 11.6 Å². The highest BCUT2D eigenvalue weighted by molar-refractivity contribution is 6.47. The van der Waals surface area contributed by atoms with Gasteiger partial charge in [-0.2, -0.15) is 0 Å². The van der Waals surface area contributed by atoms with Crippen LogP contribution in [0.15, 0.2) is 59.7 Å². The van der Waals surface area contributed by atoms with E-state index in [1.807, 2.05) is 0 Å². The van der Waals surface area contributed by atoms with Crippen LogP contribution in [0.1, 0.15) is 37.9 Å². The Hall–Kier alpha value is -5.08. The highest BCUT2D eigenvalue weighted by atomic mass is 35.5. The number of rotatable bonds is 6. The van der Waals surface area contributed by atoms with Crippen molar-refractivity contribution in [1.29, 1.82) is 0 Å². The fourth-order valence-corrected chi connectivity index (χ4v) is 4.75. The fourth-order valence-electron chi connectivity index (χ4n) is 4.48. The number of carbonyl (C=O) groups excluding carboxylic acids is 2. The molecule has 5 rings (SSSR count). The lowest BCUT2D eigenvalue weighted by atomic mass is 9.72. The molecule has 2 amide bonds. The number of H-pyrrole nitrogens is 1. The zero-order chi connectivity index (χ0) is 29.4. The maximum Gasteiger partial charge on any atom is 0.547 e. The van der Waals surface area contributed by atoms with Gasteiger partial charge in [-0.15, -0.1) is 0 Å². The summed E-state index contributed by atoms with van der Waals surface area (Å²) in [6, 6.07) is 8.16. The van der Waals surface area contributed by atoms with E-state index in [1.54, 1.807) is 18.2 Å². The van der Waals surface area contributed by atoms with E-state index in [0.29, 0.717) is 11.1 Å². The van der Waals surface area contributed by atoms with E-state index in [0.717, 1.165) is 12.3 Å². The van der Waals surface area contributed by atoms with Gasteiger partial charge >= 0.3 is 13.1 Å². The largest absolute Gasteiger partial charge is 0.547 e. The summed E-state index contributed by atoms with van der Waals surface area (Å²) in [6.07, 6.45) is 2.50. The number of hydrogen-bond donors (Lipinski definition) is 7. The monoisotopic (exact) mass is 578 g/mol. The Morgan fingerprint density at radius 3 is 2.66 bits per heavy atom. The molecule has 13 nitrogen and oxygen atoms in total. The molecule has 0 spiro atoms. The van der Waals surface area contributed by atoms with Crippen LogP contribution in [0.2, 0.25) is 5.02 Å². The molecule has 1 aliphatic heterocycles. The topological polar surface area (TPSA) is 211 Å². The minimum Gasteiger partial charge on any atom is -0.534 e. The number of aromatic amines is 1. The quantitative estimate of drug-likeness (QED) is 0.129. The Morgan fingerprint density at radius 2 is 1.90 bits per heavy atom. The second-order valence-electron chi connectivity index (χ2n) is 9.10. The summed E-state index contributed by atoms with van der Waals surface area (Å²) < 4.78 is 5.41. The minimum absolute atomic E-state index is 0.0108.